The summed E-state index contributed by atoms with van der Waals surface area (Å²) in [5, 5.41) is 10.4. The van der Waals surface area contributed by atoms with Crippen molar-refractivity contribution in [3.63, 3.8) is 0 Å². The molecule has 7 nitrogen and oxygen atoms in total. The number of imide groups is 1. The first-order valence-electron chi connectivity index (χ1n) is 4.52. The predicted octanol–water partition coefficient (Wildman–Crippen LogP) is 0.392. The van der Waals surface area contributed by atoms with E-state index in [4.69, 9.17) is 0 Å². The van der Waals surface area contributed by atoms with E-state index in [1.807, 2.05) is 0 Å². The number of ketones is 1. The zero-order valence-corrected chi connectivity index (χ0v) is 8.61. The van der Waals surface area contributed by atoms with Gasteiger partial charge in [-0.15, -0.1) is 0 Å². The van der Waals surface area contributed by atoms with Gasteiger partial charge >= 0.3 is 0 Å². The standard InChI is InChI=1S/C10H8N2O5/c13-6-11(7-14)5-10(15)8-1-3-9(4-2-8)12(16)17/h1-4,6-7H,5H2. The van der Waals surface area contributed by atoms with E-state index in [0.717, 1.165) is 0 Å². The summed E-state index contributed by atoms with van der Waals surface area (Å²) in [5.74, 6) is -0.473. The summed E-state index contributed by atoms with van der Waals surface area (Å²) in [6.07, 6.45) is 0.465. The molecule has 0 heterocycles. The lowest BCUT2D eigenvalue weighted by Crippen LogP contribution is -2.27. The number of nitrogens with zero attached hydrogens (tertiary/aromatic N) is 2. The van der Waals surface area contributed by atoms with Crippen LogP contribution in [-0.2, 0) is 9.59 Å². The summed E-state index contributed by atoms with van der Waals surface area (Å²) < 4.78 is 0. The molecule has 1 rings (SSSR count). The Kier molecular flexibility index (Phi) is 4.04. The molecule has 2 amide bonds. The molecule has 0 aliphatic carbocycles. The molecule has 0 spiro atoms. The number of hydrogen-bond donors (Lipinski definition) is 0. The number of nitro groups is 1. The predicted molar refractivity (Wildman–Crippen MR) is 56.3 cm³/mol. The Morgan fingerprint density at radius 1 is 1.24 bits per heavy atom. The fourth-order valence-corrected chi connectivity index (χ4v) is 1.13. The van der Waals surface area contributed by atoms with Gasteiger partial charge in [0, 0.05) is 17.7 Å². The molecule has 0 fully saturated rings. The number of carbonyl (C=O) groups is 3. The van der Waals surface area contributed by atoms with Crippen molar-refractivity contribution in [3.8, 4) is 0 Å². The third-order valence-corrected chi connectivity index (χ3v) is 2.00. The maximum absolute atomic E-state index is 11.5. The van der Waals surface area contributed by atoms with E-state index in [9.17, 15) is 24.5 Å². The monoisotopic (exact) mass is 236 g/mol. The largest absolute Gasteiger partial charge is 0.292 e. The highest BCUT2D eigenvalue weighted by molar-refractivity contribution is 5.99. The molecule has 0 bridgehead atoms. The Morgan fingerprint density at radius 3 is 2.18 bits per heavy atom. The second kappa shape index (κ2) is 5.50. The van der Waals surface area contributed by atoms with Crippen LogP contribution < -0.4 is 0 Å². The van der Waals surface area contributed by atoms with Gasteiger partial charge in [-0.2, -0.15) is 0 Å². The number of benzene rings is 1. The number of Topliss-reactive ketones (excluding diaryl/α,β-unsaturated/α-hetero) is 1. The molecule has 0 unspecified atom stereocenters. The number of non-ortho nitro benzene ring substituents is 1. The molecule has 0 aromatic heterocycles. The topological polar surface area (TPSA) is 97.6 Å². The van der Waals surface area contributed by atoms with Gasteiger partial charge in [0.2, 0.25) is 12.8 Å². The van der Waals surface area contributed by atoms with Crippen LogP contribution in [0.5, 0.6) is 0 Å². The Balaban J connectivity index is 2.79. The molecule has 17 heavy (non-hydrogen) atoms. The SMILES string of the molecule is O=CN(C=O)CC(=O)c1ccc([N+](=O)[O-])cc1. The smallest absolute Gasteiger partial charge is 0.269 e. The number of hydrogen-bond acceptors (Lipinski definition) is 5. The minimum atomic E-state index is -0.586. The summed E-state index contributed by atoms with van der Waals surface area (Å²) in [6, 6.07) is 4.90. The van der Waals surface area contributed by atoms with Crippen LogP contribution in [0.15, 0.2) is 24.3 Å². The Morgan fingerprint density at radius 2 is 1.76 bits per heavy atom. The fourth-order valence-electron chi connectivity index (χ4n) is 1.13. The zero-order valence-electron chi connectivity index (χ0n) is 8.61. The fraction of sp³-hybridized carbons (Fsp3) is 0.100. The average molecular weight is 236 g/mol. The van der Waals surface area contributed by atoms with Crippen molar-refractivity contribution in [3.05, 3.63) is 39.9 Å². The number of nitro benzene ring substituents is 1. The number of rotatable bonds is 6. The van der Waals surface area contributed by atoms with E-state index in [1.165, 1.54) is 24.3 Å². The van der Waals surface area contributed by atoms with Crippen molar-refractivity contribution in [2.45, 2.75) is 0 Å². The first kappa shape index (κ1) is 12.5. The molecule has 0 radical (unpaired) electrons. The lowest BCUT2D eigenvalue weighted by molar-refractivity contribution is -0.384. The van der Waals surface area contributed by atoms with Crippen molar-refractivity contribution in [1.82, 2.24) is 4.90 Å². The maximum atomic E-state index is 11.5. The highest BCUT2D eigenvalue weighted by atomic mass is 16.6. The van der Waals surface area contributed by atoms with Gasteiger partial charge in [0.05, 0.1) is 11.5 Å². The van der Waals surface area contributed by atoms with E-state index in [-0.39, 0.29) is 30.6 Å². The summed E-state index contributed by atoms with van der Waals surface area (Å²) in [5.41, 5.74) is 0.0634. The molecular weight excluding hydrogens is 228 g/mol. The van der Waals surface area contributed by atoms with Gasteiger partial charge < -0.3 is 0 Å². The van der Waals surface area contributed by atoms with Gasteiger partial charge in [-0.05, 0) is 12.1 Å². The van der Waals surface area contributed by atoms with Crippen LogP contribution in [0.2, 0.25) is 0 Å². The van der Waals surface area contributed by atoms with Gasteiger partial charge in [-0.3, -0.25) is 29.4 Å². The Labute approximate surface area is 95.8 Å². The van der Waals surface area contributed by atoms with Gasteiger partial charge in [0.25, 0.3) is 5.69 Å². The van der Waals surface area contributed by atoms with Crippen LogP contribution in [0.3, 0.4) is 0 Å². The number of amides is 2. The maximum Gasteiger partial charge on any atom is 0.269 e. The Bertz CT molecular complexity index is 446. The van der Waals surface area contributed by atoms with Crippen molar-refractivity contribution < 1.29 is 19.3 Å². The van der Waals surface area contributed by atoms with Crippen molar-refractivity contribution in [2.75, 3.05) is 6.54 Å². The lowest BCUT2D eigenvalue weighted by atomic mass is 10.1. The van der Waals surface area contributed by atoms with Crippen molar-refractivity contribution >= 4 is 24.3 Å². The van der Waals surface area contributed by atoms with Gasteiger partial charge in [0.15, 0.2) is 5.78 Å². The zero-order chi connectivity index (χ0) is 12.8. The summed E-state index contributed by atoms with van der Waals surface area (Å²) in [6.45, 7) is -0.384. The first-order valence-corrected chi connectivity index (χ1v) is 4.52. The minimum absolute atomic E-state index is 0.135. The van der Waals surface area contributed by atoms with Gasteiger partial charge in [0.1, 0.15) is 0 Å². The van der Waals surface area contributed by atoms with Crippen LogP contribution in [0.4, 0.5) is 5.69 Å². The van der Waals surface area contributed by atoms with Crippen LogP contribution in [-0.4, -0.2) is 35.0 Å². The third-order valence-electron chi connectivity index (χ3n) is 2.00. The van der Waals surface area contributed by atoms with E-state index >= 15 is 0 Å². The molecular formula is C10H8N2O5. The normalized spacial score (nSPS) is 9.41. The summed E-state index contributed by atoms with van der Waals surface area (Å²) in [7, 11) is 0. The van der Waals surface area contributed by atoms with Crippen LogP contribution in [0, 0.1) is 10.1 Å². The first-order chi connectivity index (χ1) is 8.08. The highest BCUT2D eigenvalue weighted by Gasteiger charge is 2.12. The van der Waals surface area contributed by atoms with Crippen LogP contribution >= 0.6 is 0 Å². The number of carbonyl (C=O) groups excluding carboxylic acids is 3. The van der Waals surface area contributed by atoms with Crippen molar-refractivity contribution in [2.24, 2.45) is 0 Å². The molecule has 0 aliphatic heterocycles. The van der Waals surface area contributed by atoms with Crippen LogP contribution in [0.25, 0.3) is 0 Å². The molecule has 0 N–H and O–H groups in total. The minimum Gasteiger partial charge on any atom is -0.292 e. The second-order valence-corrected chi connectivity index (χ2v) is 3.11. The molecule has 1 aromatic rings. The van der Waals surface area contributed by atoms with E-state index in [2.05, 4.69) is 0 Å². The molecule has 0 atom stereocenters. The third kappa shape index (κ3) is 3.20. The van der Waals surface area contributed by atoms with Crippen molar-refractivity contribution in [1.29, 1.82) is 0 Å². The van der Waals surface area contributed by atoms with E-state index < -0.39 is 10.7 Å². The summed E-state index contributed by atoms with van der Waals surface area (Å²) in [4.78, 5) is 42.6. The molecule has 88 valence electrons. The van der Waals surface area contributed by atoms with E-state index in [1.54, 1.807) is 0 Å². The summed E-state index contributed by atoms with van der Waals surface area (Å²) >= 11 is 0. The molecule has 7 heteroatoms. The average Bonchev–Trinajstić information content (AvgIpc) is 2.35. The molecule has 0 saturated heterocycles. The van der Waals surface area contributed by atoms with Gasteiger partial charge in [-0.25, -0.2) is 0 Å². The van der Waals surface area contributed by atoms with Crippen LogP contribution in [0.1, 0.15) is 10.4 Å². The molecule has 0 aliphatic rings. The Hall–Kier alpha value is -2.57. The van der Waals surface area contributed by atoms with E-state index in [0.29, 0.717) is 4.90 Å². The second-order valence-electron chi connectivity index (χ2n) is 3.11. The lowest BCUT2D eigenvalue weighted by Gasteiger charge is -2.07. The highest BCUT2D eigenvalue weighted by Crippen LogP contribution is 2.12. The molecule has 1 aromatic carbocycles. The molecule has 0 saturated carbocycles. The van der Waals surface area contributed by atoms with Gasteiger partial charge in [-0.1, -0.05) is 0 Å². The quantitative estimate of drug-likeness (QED) is 0.308.